The number of nitrogens with zero attached hydrogens (tertiary/aromatic N) is 2. The maximum Gasteiger partial charge on any atom is 0.140 e. The second-order valence-corrected chi connectivity index (χ2v) is 4.93. The average Bonchev–Trinajstić information content (AvgIpc) is 2.59. The third-order valence-electron chi connectivity index (χ3n) is 2.68. The molecule has 0 unspecified atom stereocenters. The predicted molar refractivity (Wildman–Crippen MR) is 64.1 cm³/mol. The molecular formula is C13H18N2. The van der Waals surface area contributed by atoms with Gasteiger partial charge in [0, 0.05) is 22.8 Å². The van der Waals surface area contributed by atoms with Gasteiger partial charge in [-0.2, -0.15) is 0 Å². The van der Waals surface area contributed by atoms with Crippen LogP contribution in [0.2, 0.25) is 0 Å². The van der Waals surface area contributed by atoms with E-state index in [2.05, 4.69) is 61.6 Å². The summed E-state index contributed by atoms with van der Waals surface area (Å²) in [6.45, 7) is 8.74. The fourth-order valence-electron chi connectivity index (χ4n) is 1.79. The first-order chi connectivity index (χ1) is 7.02. The zero-order valence-corrected chi connectivity index (χ0v) is 9.91. The first kappa shape index (κ1) is 10.2. The van der Waals surface area contributed by atoms with Gasteiger partial charge in [-0.15, -0.1) is 0 Å². The highest BCUT2D eigenvalue weighted by molar-refractivity contribution is 5.76. The SMILES string of the molecule is CCc1ccc2ccn(C(C)(C)C)c2n1. The molecule has 0 aliphatic heterocycles. The predicted octanol–water partition coefficient (Wildman–Crippen LogP) is 3.35. The quantitative estimate of drug-likeness (QED) is 0.693. The molecule has 0 fully saturated rings. The molecule has 2 heterocycles. The molecule has 0 saturated carbocycles. The molecule has 2 heteroatoms. The molecule has 0 aliphatic rings. The van der Waals surface area contributed by atoms with Gasteiger partial charge in [0.15, 0.2) is 0 Å². The molecule has 0 amide bonds. The number of hydrogen-bond donors (Lipinski definition) is 0. The number of aryl methyl sites for hydroxylation is 1. The second-order valence-electron chi connectivity index (χ2n) is 4.93. The van der Waals surface area contributed by atoms with Crippen LogP contribution in [0.15, 0.2) is 24.4 Å². The van der Waals surface area contributed by atoms with Crippen LogP contribution in [0.3, 0.4) is 0 Å². The van der Waals surface area contributed by atoms with E-state index in [1.54, 1.807) is 0 Å². The van der Waals surface area contributed by atoms with Gasteiger partial charge in [0.05, 0.1) is 0 Å². The minimum absolute atomic E-state index is 0.0983. The minimum atomic E-state index is 0.0983. The van der Waals surface area contributed by atoms with Crippen molar-refractivity contribution in [1.82, 2.24) is 9.55 Å². The van der Waals surface area contributed by atoms with Gasteiger partial charge in [0.2, 0.25) is 0 Å². The van der Waals surface area contributed by atoms with E-state index in [0.29, 0.717) is 0 Å². The van der Waals surface area contributed by atoms with Gasteiger partial charge in [-0.25, -0.2) is 4.98 Å². The molecule has 0 bridgehead atoms. The van der Waals surface area contributed by atoms with Crippen molar-refractivity contribution in [2.45, 2.75) is 39.7 Å². The lowest BCUT2D eigenvalue weighted by atomic mass is 10.1. The van der Waals surface area contributed by atoms with Gasteiger partial charge in [0.1, 0.15) is 5.65 Å². The summed E-state index contributed by atoms with van der Waals surface area (Å²) in [5.41, 5.74) is 2.36. The number of aromatic nitrogens is 2. The molecule has 2 aromatic heterocycles. The maximum atomic E-state index is 4.68. The first-order valence-corrected chi connectivity index (χ1v) is 5.50. The molecule has 2 rings (SSSR count). The molecule has 0 saturated heterocycles. The molecule has 0 aliphatic carbocycles. The third-order valence-corrected chi connectivity index (χ3v) is 2.68. The fourth-order valence-corrected chi connectivity index (χ4v) is 1.79. The number of rotatable bonds is 1. The molecule has 0 aromatic carbocycles. The molecule has 80 valence electrons. The van der Waals surface area contributed by atoms with Gasteiger partial charge in [-0.3, -0.25) is 0 Å². The van der Waals surface area contributed by atoms with Crippen molar-refractivity contribution in [3.63, 3.8) is 0 Å². The Bertz CT molecular complexity index is 475. The molecule has 2 aromatic rings. The van der Waals surface area contributed by atoms with Crippen LogP contribution in [0, 0.1) is 0 Å². The highest BCUT2D eigenvalue weighted by Crippen LogP contribution is 2.22. The van der Waals surface area contributed by atoms with Gasteiger partial charge in [0.25, 0.3) is 0 Å². The minimum Gasteiger partial charge on any atom is -0.327 e. The van der Waals surface area contributed by atoms with Gasteiger partial charge in [-0.1, -0.05) is 6.92 Å². The van der Waals surface area contributed by atoms with Crippen molar-refractivity contribution in [1.29, 1.82) is 0 Å². The summed E-state index contributed by atoms with van der Waals surface area (Å²) < 4.78 is 2.24. The van der Waals surface area contributed by atoms with Crippen LogP contribution in [0.25, 0.3) is 11.0 Å². The van der Waals surface area contributed by atoms with Crippen LogP contribution in [0.4, 0.5) is 0 Å². The Hall–Kier alpha value is -1.31. The molecule has 2 nitrogen and oxygen atoms in total. The third kappa shape index (κ3) is 1.76. The summed E-state index contributed by atoms with van der Waals surface area (Å²) in [5.74, 6) is 0. The lowest BCUT2D eigenvalue weighted by Crippen LogP contribution is -2.21. The molecule has 0 N–H and O–H groups in total. The summed E-state index contributed by atoms with van der Waals surface area (Å²) in [5, 5.41) is 1.22. The number of pyridine rings is 1. The van der Waals surface area contributed by atoms with Gasteiger partial charge < -0.3 is 4.57 Å². The number of fused-ring (bicyclic) bond motifs is 1. The van der Waals surface area contributed by atoms with Crippen LogP contribution in [0.5, 0.6) is 0 Å². The monoisotopic (exact) mass is 202 g/mol. The Morgan fingerprint density at radius 1 is 1.20 bits per heavy atom. The largest absolute Gasteiger partial charge is 0.327 e. The Labute approximate surface area is 90.9 Å². The lowest BCUT2D eigenvalue weighted by molar-refractivity contribution is 0.408. The van der Waals surface area contributed by atoms with Crippen molar-refractivity contribution in [2.24, 2.45) is 0 Å². The van der Waals surface area contributed by atoms with Crippen LogP contribution < -0.4 is 0 Å². The lowest BCUT2D eigenvalue weighted by Gasteiger charge is -2.22. The second kappa shape index (κ2) is 3.37. The van der Waals surface area contributed by atoms with E-state index in [4.69, 9.17) is 0 Å². The Balaban J connectivity index is 2.67. The van der Waals surface area contributed by atoms with E-state index >= 15 is 0 Å². The van der Waals surface area contributed by atoms with Crippen molar-refractivity contribution in [2.75, 3.05) is 0 Å². The average molecular weight is 202 g/mol. The highest BCUT2D eigenvalue weighted by atomic mass is 15.1. The summed E-state index contributed by atoms with van der Waals surface area (Å²) in [7, 11) is 0. The molecule has 0 atom stereocenters. The zero-order valence-electron chi connectivity index (χ0n) is 9.91. The Morgan fingerprint density at radius 3 is 2.53 bits per heavy atom. The van der Waals surface area contributed by atoms with E-state index in [0.717, 1.165) is 17.8 Å². The van der Waals surface area contributed by atoms with Crippen molar-refractivity contribution in [3.05, 3.63) is 30.1 Å². The van der Waals surface area contributed by atoms with Gasteiger partial charge >= 0.3 is 0 Å². The Kier molecular flexibility index (Phi) is 2.29. The highest BCUT2D eigenvalue weighted by Gasteiger charge is 2.15. The number of hydrogen-bond acceptors (Lipinski definition) is 1. The summed E-state index contributed by atoms with van der Waals surface area (Å²) in [6.07, 6.45) is 3.11. The van der Waals surface area contributed by atoms with Crippen LogP contribution in [-0.4, -0.2) is 9.55 Å². The summed E-state index contributed by atoms with van der Waals surface area (Å²) in [6, 6.07) is 6.39. The van der Waals surface area contributed by atoms with E-state index in [-0.39, 0.29) is 5.54 Å². The standard InChI is InChI=1S/C13H18N2/c1-5-11-7-6-10-8-9-15(12(10)14-11)13(2,3)4/h6-9H,5H2,1-4H3. The first-order valence-electron chi connectivity index (χ1n) is 5.50. The zero-order chi connectivity index (χ0) is 11.1. The van der Waals surface area contributed by atoms with Crippen molar-refractivity contribution >= 4 is 11.0 Å². The maximum absolute atomic E-state index is 4.68. The summed E-state index contributed by atoms with van der Waals surface area (Å²) in [4.78, 5) is 4.68. The molecule has 15 heavy (non-hydrogen) atoms. The van der Waals surface area contributed by atoms with Crippen LogP contribution >= 0.6 is 0 Å². The molecule has 0 radical (unpaired) electrons. The van der Waals surface area contributed by atoms with E-state index in [9.17, 15) is 0 Å². The van der Waals surface area contributed by atoms with E-state index < -0.39 is 0 Å². The molecule has 0 spiro atoms. The topological polar surface area (TPSA) is 17.8 Å². The van der Waals surface area contributed by atoms with E-state index in [1.165, 1.54) is 5.39 Å². The van der Waals surface area contributed by atoms with Crippen LogP contribution in [0.1, 0.15) is 33.4 Å². The van der Waals surface area contributed by atoms with Gasteiger partial charge in [-0.05, 0) is 45.4 Å². The Morgan fingerprint density at radius 2 is 1.93 bits per heavy atom. The van der Waals surface area contributed by atoms with Crippen molar-refractivity contribution < 1.29 is 0 Å². The summed E-state index contributed by atoms with van der Waals surface area (Å²) >= 11 is 0. The van der Waals surface area contributed by atoms with Crippen LogP contribution in [-0.2, 0) is 12.0 Å². The normalized spacial score (nSPS) is 12.3. The molecular weight excluding hydrogens is 184 g/mol. The van der Waals surface area contributed by atoms with Crippen molar-refractivity contribution in [3.8, 4) is 0 Å². The smallest absolute Gasteiger partial charge is 0.140 e. The fraction of sp³-hybridized carbons (Fsp3) is 0.462. The van der Waals surface area contributed by atoms with E-state index in [1.807, 2.05) is 0 Å².